The third-order valence-electron chi connectivity index (χ3n) is 3.52. The van der Waals surface area contributed by atoms with E-state index in [-0.39, 0.29) is 0 Å². The van der Waals surface area contributed by atoms with E-state index in [1.165, 1.54) is 0 Å². The summed E-state index contributed by atoms with van der Waals surface area (Å²) in [5.41, 5.74) is 9.02. The van der Waals surface area contributed by atoms with Crippen LogP contribution in [0.25, 0.3) is 0 Å². The summed E-state index contributed by atoms with van der Waals surface area (Å²) in [5.74, 6) is 1.76. The average Bonchev–Trinajstić information content (AvgIpc) is 2.61. The molecule has 25 heavy (non-hydrogen) atoms. The number of anilines is 1. The van der Waals surface area contributed by atoms with Crippen molar-refractivity contribution in [3.8, 4) is 5.75 Å². The van der Waals surface area contributed by atoms with Gasteiger partial charge in [-0.3, -0.25) is 0 Å². The highest BCUT2D eigenvalue weighted by molar-refractivity contribution is 5.92. The Morgan fingerprint density at radius 1 is 1.12 bits per heavy atom. The standard InChI is InChI=1S/C20H27N3O2/c1-15(2)13-25-18-10-8-16(9-11-18)12-22-20(21)23-19-7-5-4-6-17(19)14-24-3/h4-11,15H,12-14H2,1-3H3,(H3,21,22,23). The minimum absolute atomic E-state index is 0.378. The Kier molecular flexibility index (Phi) is 7.29. The minimum Gasteiger partial charge on any atom is -0.493 e. The van der Waals surface area contributed by atoms with Crippen LogP contribution in [0.5, 0.6) is 5.75 Å². The molecule has 0 aliphatic carbocycles. The largest absolute Gasteiger partial charge is 0.493 e. The van der Waals surface area contributed by atoms with E-state index in [2.05, 4.69) is 24.2 Å². The topological polar surface area (TPSA) is 68.9 Å². The first-order valence-electron chi connectivity index (χ1n) is 8.44. The Morgan fingerprint density at radius 3 is 2.52 bits per heavy atom. The fraction of sp³-hybridized carbons (Fsp3) is 0.350. The van der Waals surface area contributed by atoms with Crippen LogP contribution in [0, 0.1) is 5.92 Å². The maximum Gasteiger partial charge on any atom is 0.193 e. The van der Waals surface area contributed by atoms with Crippen LogP contribution in [0.15, 0.2) is 53.5 Å². The summed E-state index contributed by atoms with van der Waals surface area (Å²) >= 11 is 0. The Hall–Kier alpha value is -2.53. The van der Waals surface area contributed by atoms with Crippen molar-refractivity contribution in [3.05, 3.63) is 59.7 Å². The number of nitrogens with two attached hydrogens (primary N) is 1. The van der Waals surface area contributed by atoms with Crippen molar-refractivity contribution in [1.29, 1.82) is 0 Å². The molecule has 3 N–H and O–H groups in total. The number of hydrogen-bond acceptors (Lipinski definition) is 3. The van der Waals surface area contributed by atoms with Gasteiger partial charge < -0.3 is 20.5 Å². The number of nitrogens with one attached hydrogen (secondary N) is 1. The molecule has 5 nitrogen and oxygen atoms in total. The van der Waals surface area contributed by atoms with Crippen LogP contribution in [0.1, 0.15) is 25.0 Å². The van der Waals surface area contributed by atoms with Crippen molar-refractivity contribution in [2.45, 2.75) is 27.0 Å². The highest BCUT2D eigenvalue weighted by Crippen LogP contribution is 2.16. The van der Waals surface area contributed by atoms with Gasteiger partial charge in [-0.2, -0.15) is 0 Å². The Bertz CT molecular complexity index is 682. The molecule has 0 saturated carbocycles. The first kappa shape index (κ1) is 18.8. The molecular formula is C20H27N3O2. The maximum atomic E-state index is 6.00. The second-order valence-electron chi connectivity index (χ2n) is 6.27. The second-order valence-corrected chi connectivity index (χ2v) is 6.27. The van der Waals surface area contributed by atoms with Gasteiger partial charge in [0.05, 0.1) is 19.8 Å². The van der Waals surface area contributed by atoms with Gasteiger partial charge in [0.1, 0.15) is 5.75 Å². The Balaban J connectivity index is 1.92. The third kappa shape index (κ3) is 6.47. The summed E-state index contributed by atoms with van der Waals surface area (Å²) in [7, 11) is 1.67. The number of methoxy groups -OCH3 is 1. The van der Waals surface area contributed by atoms with Crippen molar-refractivity contribution in [1.82, 2.24) is 0 Å². The summed E-state index contributed by atoms with van der Waals surface area (Å²) in [5, 5.41) is 3.13. The number of para-hydroxylation sites is 1. The van der Waals surface area contributed by atoms with Gasteiger partial charge in [0.25, 0.3) is 0 Å². The number of ether oxygens (including phenoxy) is 2. The van der Waals surface area contributed by atoms with Gasteiger partial charge in [0, 0.05) is 18.4 Å². The number of aliphatic imine (C=N–C) groups is 1. The molecule has 0 amide bonds. The van der Waals surface area contributed by atoms with E-state index in [4.69, 9.17) is 15.2 Å². The van der Waals surface area contributed by atoms with Gasteiger partial charge in [-0.05, 0) is 29.7 Å². The van der Waals surface area contributed by atoms with Crippen LogP contribution < -0.4 is 15.8 Å². The molecule has 0 spiro atoms. The van der Waals surface area contributed by atoms with Gasteiger partial charge in [-0.1, -0.05) is 44.2 Å². The fourth-order valence-corrected chi connectivity index (χ4v) is 2.23. The molecule has 5 heteroatoms. The molecule has 0 radical (unpaired) electrons. The third-order valence-corrected chi connectivity index (χ3v) is 3.52. The molecule has 2 aromatic carbocycles. The summed E-state index contributed by atoms with van der Waals surface area (Å²) in [6.07, 6.45) is 0. The lowest BCUT2D eigenvalue weighted by Gasteiger charge is -2.11. The molecular weight excluding hydrogens is 314 g/mol. The molecule has 0 aliphatic heterocycles. The van der Waals surface area contributed by atoms with Crippen molar-refractivity contribution >= 4 is 11.6 Å². The van der Waals surface area contributed by atoms with Crippen molar-refractivity contribution in [2.24, 2.45) is 16.6 Å². The SMILES string of the molecule is COCc1ccccc1NC(N)=NCc1ccc(OCC(C)C)cc1. The van der Waals surface area contributed by atoms with Crippen LogP contribution in [0.3, 0.4) is 0 Å². The van der Waals surface area contributed by atoms with Gasteiger partial charge in [-0.15, -0.1) is 0 Å². The average molecular weight is 341 g/mol. The lowest BCUT2D eigenvalue weighted by atomic mass is 10.2. The molecule has 0 atom stereocenters. The molecule has 0 fully saturated rings. The highest BCUT2D eigenvalue weighted by atomic mass is 16.5. The number of hydrogen-bond donors (Lipinski definition) is 2. The zero-order chi connectivity index (χ0) is 18.1. The van der Waals surface area contributed by atoms with Gasteiger partial charge >= 0.3 is 0 Å². The van der Waals surface area contributed by atoms with Crippen molar-refractivity contribution < 1.29 is 9.47 Å². The molecule has 0 saturated heterocycles. The smallest absolute Gasteiger partial charge is 0.193 e. The van der Waals surface area contributed by atoms with E-state index < -0.39 is 0 Å². The lowest BCUT2D eigenvalue weighted by molar-refractivity contribution is 0.185. The predicted octanol–water partition coefficient (Wildman–Crippen LogP) is 3.79. The van der Waals surface area contributed by atoms with E-state index in [9.17, 15) is 0 Å². The molecule has 0 unspecified atom stereocenters. The van der Waals surface area contributed by atoms with Gasteiger partial charge in [0.15, 0.2) is 5.96 Å². The zero-order valence-corrected chi connectivity index (χ0v) is 15.2. The molecule has 2 rings (SSSR count). The minimum atomic E-state index is 0.378. The van der Waals surface area contributed by atoms with Crippen molar-refractivity contribution in [2.75, 3.05) is 19.0 Å². The van der Waals surface area contributed by atoms with Crippen molar-refractivity contribution in [3.63, 3.8) is 0 Å². The molecule has 0 aliphatic rings. The predicted molar refractivity (Wildman–Crippen MR) is 103 cm³/mol. The lowest BCUT2D eigenvalue weighted by Crippen LogP contribution is -2.23. The fourth-order valence-electron chi connectivity index (χ4n) is 2.23. The van der Waals surface area contributed by atoms with E-state index in [0.717, 1.165) is 29.2 Å². The second kappa shape index (κ2) is 9.69. The van der Waals surface area contributed by atoms with Gasteiger partial charge in [0.2, 0.25) is 0 Å². The number of benzene rings is 2. The van der Waals surface area contributed by atoms with E-state index in [0.29, 0.717) is 25.0 Å². The summed E-state index contributed by atoms with van der Waals surface area (Å²) in [4.78, 5) is 4.40. The first-order chi connectivity index (χ1) is 12.1. The first-order valence-corrected chi connectivity index (χ1v) is 8.44. The van der Waals surface area contributed by atoms with Crippen LogP contribution in [-0.4, -0.2) is 19.7 Å². The normalized spacial score (nSPS) is 11.6. The van der Waals surface area contributed by atoms with Gasteiger partial charge in [-0.25, -0.2) is 4.99 Å². The van der Waals surface area contributed by atoms with Crippen LogP contribution in [0.2, 0.25) is 0 Å². The molecule has 0 bridgehead atoms. The molecule has 0 heterocycles. The molecule has 2 aromatic rings. The van der Waals surface area contributed by atoms with E-state index >= 15 is 0 Å². The van der Waals surface area contributed by atoms with Crippen LogP contribution >= 0.6 is 0 Å². The van der Waals surface area contributed by atoms with E-state index in [1.807, 2.05) is 48.5 Å². The van der Waals surface area contributed by atoms with E-state index in [1.54, 1.807) is 7.11 Å². The summed E-state index contributed by atoms with van der Waals surface area (Å²) < 4.78 is 10.9. The molecule has 134 valence electrons. The number of guanidine groups is 1. The number of rotatable bonds is 8. The zero-order valence-electron chi connectivity index (χ0n) is 15.2. The summed E-state index contributed by atoms with van der Waals surface area (Å²) in [6, 6.07) is 15.8. The Labute approximate surface area is 149 Å². The molecule has 0 aromatic heterocycles. The maximum absolute atomic E-state index is 6.00. The summed E-state index contributed by atoms with van der Waals surface area (Å²) in [6.45, 7) is 6.01. The van der Waals surface area contributed by atoms with Crippen LogP contribution in [-0.2, 0) is 17.9 Å². The Morgan fingerprint density at radius 2 is 1.84 bits per heavy atom. The number of nitrogens with zero attached hydrogens (tertiary/aromatic N) is 1. The van der Waals surface area contributed by atoms with Crippen LogP contribution in [0.4, 0.5) is 5.69 Å². The highest BCUT2D eigenvalue weighted by Gasteiger charge is 2.03. The quantitative estimate of drug-likeness (QED) is 0.566. The monoisotopic (exact) mass is 341 g/mol.